The SMILES string of the molecule is CC(NS(=O)(=O)C1CCCN(C(=O)C2CCCC2)C1)C(=O)O. The zero-order valence-corrected chi connectivity index (χ0v) is 13.6. The predicted octanol–water partition coefficient (Wildman–Crippen LogP) is 0.560. The van der Waals surface area contributed by atoms with E-state index in [1.54, 1.807) is 4.90 Å². The molecule has 2 unspecified atom stereocenters. The first-order valence-electron chi connectivity index (χ1n) is 7.84. The maximum atomic E-state index is 12.4. The van der Waals surface area contributed by atoms with Crippen LogP contribution in [0.25, 0.3) is 0 Å². The first-order chi connectivity index (χ1) is 10.3. The van der Waals surface area contributed by atoms with Gasteiger partial charge in [-0.05, 0) is 32.6 Å². The van der Waals surface area contributed by atoms with E-state index in [2.05, 4.69) is 4.72 Å². The smallest absolute Gasteiger partial charge is 0.321 e. The van der Waals surface area contributed by atoms with E-state index in [1.165, 1.54) is 6.92 Å². The van der Waals surface area contributed by atoms with Crippen molar-refractivity contribution < 1.29 is 23.1 Å². The number of carboxylic acids is 1. The lowest BCUT2D eigenvalue weighted by Crippen LogP contribution is -2.51. The van der Waals surface area contributed by atoms with E-state index in [-0.39, 0.29) is 18.4 Å². The van der Waals surface area contributed by atoms with Gasteiger partial charge < -0.3 is 10.0 Å². The zero-order chi connectivity index (χ0) is 16.3. The van der Waals surface area contributed by atoms with E-state index in [1.807, 2.05) is 0 Å². The van der Waals surface area contributed by atoms with Crippen molar-refractivity contribution in [2.45, 2.75) is 56.7 Å². The van der Waals surface area contributed by atoms with Crippen LogP contribution in [-0.4, -0.2) is 54.7 Å². The van der Waals surface area contributed by atoms with E-state index in [9.17, 15) is 18.0 Å². The summed E-state index contributed by atoms with van der Waals surface area (Å²) in [6, 6.07) is -1.16. The number of rotatable bonds is 5. The van der Waals surface area contributed by atoms with Crippen molar-refractivity contribution in [3.05, 3.63) is 0 Å². The Kier molecular flexibility index (Phi) is 5.44. The molecule has 8 heteroatoms. The largest absolute Gasteiger partial charge is 0.480 e. The van der Waals surface area contributed by atoms with E-state index in [0.29, 0.717) is 19.4 Å². The Morgan fingerprint density at radius 1 is 1.18 bits per heavy atom. The van der Waals surface area contributed by atoms with Crippen LogP contribution in [0.2, 0.25) is 0 Å². The quantitative estimate of drug-likeness (QED) is 0.765. The number of hydrogen-bond donors (Lipinski definition) is 2. The number of hydrogen-bond acceptors (Lipinski definition) is 4. The molecule has 1 amide bonds. The number of amides is 1. The highest BCUT2D eigenvalue weighted by molar-refractivity contribution is 7.90. The fourth-order valence-electron chi connectivity index (χ4n) is 3.22. The fourth-order valence-corrected chi connectivity index (χ4v) is 4.85. The summed E-state index contributed by atoms with van der Waals surface area (Å²) < 4.78 is 26.7. The molecule has 0 radical (unpaired) electrons. The summed E-state index contributed by atoms with van der Waals surface area (Å²) in [4.78, 5) is 24.9. The minimum Gasteiger partial charge on any atom is -0.480 e. The molecule has 2 aliphatic rings. The molecule has 7 nitrogen and oxygen atoms in total. The van der Waals surface area contributed by atoms with Crippen LogP contribution < -0.4 is 4.72 Å². The van der Waals surface area contributed by atoms with Crippen molar-refractivity contribution in [3.63, 3.8) is 0 Å². The molecule has 2 rings (SSSR count). The molecule has 1 saturated heterocycles. The number of aliphatic carboxylic acids is 1. The Morgan fingerprint density at radius 2 is 1.82 bits per heavy atom. The number of sulfonamides is 1. The zero-order valence-electron chi connectivity index (χ0n) is 12.8. The monoisotopic (exact) mass is 332 g/mol. The molecule has 0 aromatic carbocycles. The highest BCUT2D eigenvalue weighted by Gasteiger charge is 2.36. The Hall–Kier alpha value is -1.15. The van der Waals surface area contributed by atoms with Gasteiger partial charge in [0.05, 0.1) is 5.25 Å². The summed E-state index contributed by atoms with van der Waals surface area (Å²) >= 11 is 0. The molecule has 2 N–H and O–H groups in total. The van der Waals surface area contributed by atoms with Crippen LogP contribution in [0.5, 0.6) is 0 Å². The summed E-state index contributed by atoms with van der Waals surface area (Å²) in [5.74, 6) is -1.12. The summed E-state index contributed by atoms with van der Waals surface area (Å²) in [7, 11) is -3.74. The highest BCUT2D eigenvalue weighted by atomic mass is 32.2. The average molecular weight is 332 g/mol. The van der Waals surface area contributed by atoms with Gasteiger partial charge in [0.1, 0.15) is 6.04 Å². The second-order valence-corrected chi connectivity index (χ2v) is 8.25. The molecule has 1 saturated carbocycles. The van der Waals surface area contributed by atoms with Gasteiger partial charge in [-0.15, -0.1) is 0 Å². The van der Waals surface area contributed by atoms with Crippen molar-refractivity contribution in [3.8, 4) is 0 Å². The van der Waals surface area contributed by atoms with Gasteiger partial charge in [0.15, 0.2) is 0 Å². The Labute approximate surface area is 131 Å². The number of carboxylic acid groups (broad SMARTS) is 1. The molecule has 126 valence electrons. The molecule has 2 atom stereocenters. The minimum atomic E-state index is -3.74. The Morgan fingerprint density at radius 3 is 2.41 bits per heavy atom. The van der Waals surface area contributed by atoms with Crippen molar-refractivity contribution in [2.24, 2.45) is 5.92 Å². The van der Waals surface area contributed by atoms with Gasteiger partial charge in [-0.2, -0.15) is 0 Å². The molecule has 2 fully saturated rings. The van der Waals surface area contributed by atoms with Gasteiger partial charge in [-0.1, -0.05) is 12.8 Å². The molecule has 1 heterocycles. The van der Waals surface area contributed by atoms with Gasteiger partial charge in [-0.25, -0.2) is 13.1 Å². The van der Waals surface area contributed by atoms with Crippen molar-refractivity contribution in [1.29, 1.82) is 0 Å². The number of nitrogens with one attached hydrogen (secondary N) is 1. The third-order valence-electron chi connectivity index (χ3n) is 4.54. The lowest BCUT2D eigenvalue weighted by molar-refractivity contribution is -0.138. The third kappa shape index (κ3) is 3.98. The number of piperidine rings is 1. The molecule has 1 aliphatic heterocycles. The van der Waals surface area contributed by atoms with E-state index in [0.717, 1.165) is 25.7 Å². The molecule has 0 spiro atoms. The van der Waals surface area contributed by atoms with Crippen LogP contribution in [0.3, 0.4) is 0 Å². The number of carbonyl (C=O) groups excluding carboxylic acids is 1. The normalized spacial score (nSPS) is 25.1. The van der Waals surface area contributed by atoms with Crippen LogP contribution in [0.4, 0.5) is 0 Å². The van der Waals surface area contributed by atoms with Crippen molar-refractivity contribution in [2.75, 3.05) is 13.1 Å². The van der Waals surface area contributed by atoms with Crippen molar-refractivity contribution in [1.82, 2.24) is 9.62 Å². The van der Waals surface area contributed by atoms with Crippen LogP contribution in [0.15, 0.2) is 0 Å². The third-order valence-corrected chi connectivity index (χ3v) is 6.49. The Bertz CT molecular complexity index is 527. The molecule has 0 aromatic heterocycles. The summed E-state index contributed by atoms with van der Waals surface area (Å²) in [5, 5.41) is 8.11. The predicted molar refractivity (Wildman–Crippen MR) is 80.7 cm³/mol. The molecule has 0 bridgehead atoms. The minimum absolute atomic E-state index is 0.0346. The van der Waals surface area contributed by atoms with E-state index >= 15 is 0 Å². The topological polar surface area (TPSA) is 104 Å². The Balaban J connectivity index is 2.00. The van der Waals surface area contributed by atoms with Crippen LogP contribution in [0.1, 0.15) is 45.4 Å². The van der Waals surface area contributed by atoms with Gasteiger partial charge >= 0.3 is 5.97 Å². The second kappa shape index (κ2) is 6.95. The first-order valence-corrected chi connectivity index (χ1v) is 9.38. The molecule has 1 aliphatic carbocycles. The summed E-state index contributed by atoms with van der Waals surface area (Å²) in [6.07, 6.45) is 4.98. The van der Waals surface area contributed by atoms with Crippen LogP contribution in [-0.2, 0) is 19.6 Å². The lowest BCUT2D eigenvalue weighted by atomic mass is 10.0. The van der Waals surface area contributed by atoms with Gasteiger partial charge in [-0.3, -0.25) is 9.59 Å². The molecule has 22 heavy (non-hydrogen) atoms. The first kappa shape index (κ1) is 17.2. The number of likely N-dealkylation sites (tertiary alicyclic amines) is 1. The van der Waals surface area contributed by atoms with Gasteiger partial charge in [0, 0.05) is 19.0 Å². The van der Waals surface area contributed by atoms with Crippen molar-refractivity contribution >= 4 is 21.9 Å². The van der Waals surface area contributed by atoms with Gasteiger partial charge in [0.25, 0.3) is 0 Å². The number of nitrogens with zero attached hydrogens (tertiary/aromatic N) is 1. The lowest BCUT2D eigenvalue weighted by Gasteiger charge is -2.34. The van der Waals surface area contributed by atoms with E-state index in [4.69, 9.17) is 5.11 Å². The summed E-state index contributed by atoms with van der Waals surface area (Å²) in [5.41, 5.74) is 0. The van der Waals surface area contributed by atoms with Gasteiger partial charge in [0.2, 0.25) is 15.9 Å². The number of carbonyl (C=O) groups is 2. The molecular formula is C14H24N2O5S. The van der Waals surface area contributed by atoms with E-state index < -0.39 is 27.3 Å². The molecular weight excluding hydrogens is 308 g/mol. The fraction of sp³-hybridized carbons (Fsp3) is 0.857. The standard InChI is InChI=1S/C14H24N2O5S/c1-10(14(18)19)15-22(20,21)12-7-4-8-16(9-12)13(17)11-5-2-3-6-11/h10-12,15H,2-9H2,1H3,(H,18,19). The maximum absolute atomic E-state index is 12.4. The van der Waals surface area contributed by atoms with Crippen LogP contribution >= 0.6 is 0 Å². The summed E-state index contributed by atoms with van der Waals surface area (Å²) in [6.45, 7) is 2.05. The average Bonchev–Trinajstić information content (AvgIpc) is 3.00. The molecule has 0 aromatic rings. The van der Waals surface area contributed by atoms with Crippen LogP contribution in [0, 0.1) is 5.92 Å². The highest BCUT2D eigenvalue weighted by Crippen LogP contribution is 2.28. The second-order valence-electron chi connectivity index (χ2n) is 6.25. The maximum Gasteiger partial charge on any atom is 0.321 e.